The minimum absolute atomic E-state index is 0.0513. The lowest BCUT2D eigenvalue weighted by Crippen LogP contribution is -2.24. The van der Waals surface area contributed by atoms with Gasteiger partial charge in [-0.2, -0.15) is 0 Å². The molecule has 5 nitrogen and oxygen atoms in total. The maximum absolute atomic E-state index is 10.8. The first kappa shape index (κ1) is 11.9. The number of anilines is 1. The van der Waals surface area contributed by atoms with E-state index in [0.29, 0.717) is 18.3 Å². The van der Waals surface area contributed by atoms with E-state index in [-0.39, 0.29) is 11.8 Å². The quantitative estimate of drug-likeness (QED) is 0.785. The summed E-state index contributed by atoms with van der Waals surface area (Å²) in [6.07, 6.45) is 2.61. The molecule has 0 aromatic carbocycles. The Kier molecular flexibility index (Phi) is 3.58. The normalized spacial score (nSPS) is 16.5. The van der Waals surface area contributed by atoms with Crippen LogP contribution in [0.5, 0.6) is 0 Å². The van der Waals surface area contributed by atoms with Crippen LogP contribution < -0.4 is 5.32 Å². The number of nitrogens with zero attached hydrogens (tertiary/aromatic N) is 1. The van der Waals surface area contributed by atoms with Gasteiger partial charge in [-0.3, -0.25) is 0 Å². The number of carbonyl (C=O) groups is 1. The lowest BCUT2D eigenvalue weighted by Gasteiger charge is -2.15. The third kappa shape index (κ3) is 3.17. The lowest BCUT2D eigenvalue weighted by molar-refractivity contribution is 0.0690. The number of hydrogen-bond donors (Lipinski definition) is 2. The summed E-state index contributed by atoms with van der Waals surface area (Å²) in [7, 11) is 1.70. The Bertz CT molecular complexity index is 404. The van der Waals surface area contributed by atoms with Crippen molar-refractivity contribution in [3.63, 3.8) is 0 Å². The second-order valence-corrected chi connectivity index (χ2v) is 4.21. The van der Waals surface area contributed by atoms with E-state index in [1.54, 1.807) is 19.2 Å². The van der Waals surface area contributed by atoms with Crippen molar-refractivity contribution in [1.82, 2.24) is 4.98 Å². The highest BCUT2D eigenvalue weighted by Gasteiger charge is 2.30. The monoisotopic (exact) mass is 236 g/mol. The first-order chi connectivity index (χ1) is 8.20. The van der Waals surface area contributed by atoms with Gasteiger partial charge in [-0.15, -0.1) is 0 Å². The van der Waals surface area contributed by atoms with Gasteiger partial charge < -0.3 is 15.2 Å². The van der Waals surface area contributed by atoms with Crippen LogP contribution in [0.2, 0.25) is 0 Å². The average Bonchev–Trinajstić information content (AvgIpc) is 3.15. The molecule has 0 spiro atoms. The molecule has 1 saturated carbocycles. The van der Waals surface area contributed by atoms with E-state index >= 15 is 0 Å². The van der Waals surface area contributed by atoms with Crippen LogP contribution in [0.1, 0.15) is 23.3 Å². The molecule has 1 fully saturated rings. The van der Waals surface area contributed by atoms with Crippen LogP contribution in [0.3, 0.4) is 0 Å². The molecule has 5 heteroatoms. The standard InChI is InChI=1S/C12H16N2O3/c1-17-10(8-5-6-8)7-13-11-4-2-3-9(14-11)12(15)16/h2-4,8,10H,5-7H2,1H3,(H,13,14)(H,15,16). The summed E-state index contributed by atoms with van der Waals surface area (Å²) in [5.74, 6) is 0.196. The van der Waals surface area contributed by atoms with E-state index in [1.807, 2.05) is 0 Å². The van der Waals surface area contributed by atoms with Gasteiger partial charge >= 0.3 is 5.97 Å². The Morgan fingerprint density at radius 3 is 3.00 bits per heavy atom. The van der Waals surface area contributed by atoms with Gasteiger partial charge in [-0.1, -0.05) is 6.07 Å². The van der Waals surface area contributed by atoms with E-state index in [1.165, 1.54) is 18.9 Å². The predicted molar refractivity (Wildman–Crippen MR) is 63.2 cm³/mol. The summed E-state index contributed by atoms with van der Waals surface area (Å²) < 4.78 is 5.37. The van der Waals surface area contributed by atoms with Gasteiger partial charge in [0.2, 0.25) is 0 Å². The molecule has 1 atom stereocenters. The second kappa shape index (κ2) is 5.14. The van der Waals surface area contributed by atoms with Crippen LogP contribution >= 0.6 is 0 Å². The van der Waals surface area contributed by atoms with Gasteiger partial charge in [0.15, 0.2) is 5.69 Å². The van der Waals surface area contributed by atoms with Crippen molar-refractivity contribution in [3.8, 4) is 0 Å². The Labute approximate surface area is 99.8 Å². The topological polar surface area (TPSA) is 71.5 Å². The third-order valence-electron chi connectivity index (χ3n) is 2.90. The van der Waals surface area contributed by atoms with Crippen molar-refractivity contribution in [1.29, 1.82) is 0 Å². The molecule has 92 valence electrons. The van der Waals surface area contributed by atoms with E-state index in [0.717, 1.165) is 0 Å². The van der Waals surface area contributed by atoms with Crippen LogP contribution in [0, 0.1) is 5.92 Å². The van der Waals surface area contributed by atoms with Crippen LogP contribution in [-0.2, 0) is 4.74 Å². The number of hydrogen-bond acceptors (Lipinski definition) is 4. The molecule has 2 N–H and O–H groups in total. The average molecular weight is 236 g/mol. The number of ether oxygens (including phenoxy) is 1. The number of carboxylic acids is 1. The van der Waals surface area contributed by atoms with Crippen LogP contribution in [0.25, 0.3) is 0 Å². The highest BCUT2D eigenvalue weighted by Crippen LogP contribution is 2.34. The van der Waals surface area contributed by atoms with E-state index in [4.69, 9.17) is 9.84 Å². The molecule has 17 heavy (non-hydrogen) atoms. The Morgan fingerprint density at radius 2 is 2.41 bits per heavy atom. The van der Waals surface area contributed by atoms with Crippen molar-refractivity contribution >= 4 is 11.8 Å². The first-order valence-corrected chi connectivity index (χ1v) is 5.67. The maximum Gasteiger partial charge on any atom is 0.354 e. The maximum atomic E-state index is 10.8. The van der Waals surface area contributed by atoms with Gasteiger partial charge in [0.05, 0.1) is 6.10 Å². The molecule has 1 aliphatic carbocycles. The molecule has 0 aliphatic heterocycles. The van der Waals surface area contributed by atoms with Gasteiger partial charge in [-0.05, 0) is 30.9 Å². The highest BCUT2D eigenvalue weighted by molar-refractivity contribution is 5.85. The van der Waals surface area contributed by atoms with E-state index in [9.17, 15) is 4.79 Å². The largest absolute Gasteiger partial charge is 0.477 e. The molecule has 2 rings (SSSR count). The minimum atomic E-state index is -1.01. The summed E-state index contributed by atoms with van der Waals surface area (Å²) in [4.78, 5) is 14.7. The van der Waals surface area contributed by atoms with E-state index in [2.05, 4.69) is 10.3 Å². The van der Waals surface area contributed by atoms with Crippen LogP contribution in [0.4, 0.5) is 5.82 Å². The molecule has 1 unspecified atom stereocenters. The van der Waals surface area contributed by atoms with Crippen molar-refractivity contribution in [3.05, 3.63) is 23.9 Å². The summed E-state index contributed by atoms with van der Waals surface area (Å²) >= 11 is 0. The Balaban J connectivity index is 1.93. The van der Waals surface area contributed by atoms with Crippen molar-refractivity contribution in [2.24, 2.45) is 5.92 Å². The highest BCUT2D eigenvalue weighted by atomic mass is 16.5. The molecule has 0 bridgehead atoms. The smallest absolute Gasteiger partial charge is 0.354 e. The zero-order valence-corrected chi connectivity index (χ0v) is 9.72. The number of carboxylic acid groups (broad SMARTS) is 1. The number of rotatable bonds is 6. The first-order valence-electron chi connectivity index (χ1n) is 5.67. The lowest BCUT2D eigenvalue weighted by atomic mass is 10.2. The minimum Gasteiger partial charge on any atom is -0.477 e. The van der Waals surface area contributed by atoms with Gasteiger partial charge in [0.1, 0.15) is 5.82 Å². The molecular formula is C12H16N2O3. The van der Waals surface area contributed by atoms with Gasteiger partial charge in [-0.25, -0.2) is 9.78 Å². The molecule has 0 amide bonds. The van der Waals surface area contributed by atoms with Crippen molar-refractivity contribution < 1.29 is 14.6 Å². The molecule has 1 heterocycles. The number of nitrogens with one attached hydrogen (secondary N) is 1. The molecule has 1 aliphatic rings. The fraction of sp³-hybridized carbons (Fsp3) is 0.500. The molecule has 1 aromatic heterocycles. The SMILES string of the molecule is COC(CNc1cccc(C(=O)O)n1)C1CC1. The third-order valence-corrected chi connectivity index (χ3v) is 2.90. The van der Waals surface area contributed by atoms with Crippen molar-refractivity contribution in [2.45, 2.75) is 18.9 Å². The zero-order valence-electron chi connectivity index (χ0n) is 9.72. The number of aromatic carboxylic acids is 1. The number of aromatic nitrogens is 1. The van der Waals surface area contributed by atoms with E-state index < -0.39 is 5.97 Å². The second-order valence-electron chi connectivity index (χ2n) is 4.21. The Hall–Kier alpha value is -1.62. The van der Waals surface area contributed by atoms with Crippen molar-refractivity contribution in [2.75, 3.05) is 19.0 Å². The van der Waals surface area contributed by atoms with Gasteiger partial charge in [0.25, 0.3) is 0 Å². The molecule has 1 aromatic rings. The summed E-state index contributed by atoms with van der Waals surface area (Å²) in [5, 5.41) is 11.9. The number of pyridine rings is 1. The summed E-state index contributed by atoms with van der Waals surface area (Å²) in [6.45, 7) is 0.664. The van der Waals surface area contributed by atoms with Gasteiger partial charge in [0, 0.05) is 13.7 Å². The summed E-state index contributed by atoms with van der Waals surface area (Å²) in [5.41, 5.74) is 0.0513. The molecule has 0 radical (unpaired) electrons. The summed E-state index contributed by atoms with van der Waals surface area (Å²) in [6, 6.07) is 4.91. The van der Waals surface area contributed by atoms with Crippen LogP contribution in [-0.4, -0.2) is 35.8 Å². The Morgan fingerprint density at radius 1 is 1.65 bits per heavy atom. The predicted octanol–water partition coefficient (Wildman–Crippen LogP) is 1.62. The fourth-order valence-corrected chi connectivity index (χ4v) is 1.77. The molecule has 0 saturated heterocycles. The fourth-order valence-electron chi connectivity index (χ4n) is 1.77. The number of methoxy groups -OCH3 is 1. The molecular weight excluding hydrogens is 220 g/mol. The van der Waals surface area contributed by atoms with Crippen LogP contribution in [0.15, 0.2) is 18.2 Å². The zero-order chi connectivity index (χ0) is 12.3.